The van der Waals surface area contributed by atoms with Gasteiger partial charge in [-0.25, -0.2) is 0 Å². The molecule has 0 unspecified atom stereocenters. The van der Waals surface area contributed by atoms with Crippen molar-refractivity contribution in [1.82, 2.24) is 5.32 Å². The fourth-order valence-electron chi connectivity index (χ4n) is 1.76. The Labute approximate surface area is 100 Å². The molecular weight excluding hydrogens is 216 g/mol. The predicted molar refractivity (Wildman–Crippen MR) is 66.1 cm³/mol. The van der Waals surface area contributed by atoms with Gasteiger partial charge in [-0.1, -0.05) is 26.8 Å². The van der Waals surface area contributed by atoms with Crippen molar-refractivity contribution in [3.8, 4) is 0 Å². The van der Waals surface area contributed by atoms with Crippen LogP contribution in [0, 0.1) is 0 Å². The Morgan fingerprint density at radius 1 is 1.18 bits per heavy atom. The second-order valence-electron chi connectivity index (χ2n) is 5.24. The van der Waals surface area contributed by atoms with E-state index in [2.05, 4.69) is 31.4 Å². The molecule has 2 N–H and O–H groups in total. The molecule has 0 spiro atoms. The second-order valence-corrected chi connectivity index (χ2v) is 5.24. The zero-order valence-electron chi connectivity index (χ0n) is 10.3. The van der Waals surface area contributed by atoms with Gasteiger partial charge in [0.2, 0.25) is 5.91 Å². The molecule has 90 valence electrons. The Morgan fingerprint density at radius 3 is 2.53 bits per heavy atom. The van der Waals surface area contributed by atoms with Gasteiger partial charge in [-0.2, -0.15) is 0 Å². The van der Waals surface area contributed by atoms with Crippen molar-refractivity contribution in [3.05, 3.63) is 29.3 Å². The standard InChI is InChI=1S/C13H16N2O2/c1-13(2,3)8-4-5-9-10(6-8)15-11(16)7-14-12(9)17/h4-6H,7H2,1-3H3,(H,14,17)(H,15,16). The van der Waals surface area contributed by atoms with Gasteiger partial charge < -0.3 is 10.6 Å². The first-order chi connectivity index (χ1) is 7.88. The van der Waals surface area contributed by atoms with Crippen LogP contribution >= 0.6 is 0 Å². The third-order valence-electron chi connectivity index (χ3n) is 2.81. The minimum atomic E-state index is -0.209. The van der Waals surface area contributed by atoms with Gasteiger partial charge in [-0.05, 0) is 23.1 Å². The minimum Gasteiger partial charge on any atom is -0.343 e. The molecule has 0 aliphatic carbocycles. The molecule has 0 fully saturated rings. The lowest BCUT2D eigenvalue weighted by Gasteiger charge is -2.20. The van der Waals surface area contributed by atoms with E-state index in [4.69, 9.17) is 0 Å². The molecule has 4 heteroatoms. The van der Waals surface area contributed by atoms with Crippen LogP contribution in [0.15, 0.2) is 18.2 Å². The topological polar surface area (TPSA) is 58.2 Å². The largest absolute Gasteiger partial charge is 0.343 e. The molecule has 0 bridgehead atoms. The predicted octanol–water partition coefficient (Wildman–Crippen LogP) is 1.67. The molecule has 4 nitrogen and oxygen atoms in total. The Kier molecular flexibility index (Phi) is 2.65. The van der Waals surface area contributed by atoms with Crippen LogP contribution in [-0.2, 0) is 10.2 Å². The molecule has 1 heterocycles. The highest BCUT2D eigenvalue weighted by atomic mass is 16.2. The number of carbonyl (C=O) groups excluding carboxylic acids is 2. The van der Waals surface area contributed by atoms with Crippen LogP contribution in [-0.4, -0.2) is 18.4 Å². The van der Waals surface area contributed by atoms with Crippen LogP contribution < -0.4 is 10.6 Å². The van der Waals surface area contributed by atoms with E-state index in [0.717, 1.165) is 5.56 Å². The van der Waals surface area contributed by atoms with Gasteiger partial charge in [-0.3, -0.25) is 9.59 Å². The van der Waals surface area contributed by atoms with E-state index in [1.807, 2.05) is 12.1 Å². The summed E-state index contributed by atoms with van der Waals surface area (Å²) in [5, 5.41) is 5.30. The summed E-state index contributed by atoms with van der Waals surface area (Å²) in [7, 11) is 0. The molecule has 0 saturated heterocycles. The van der Waals surface area contributed by atoms with Gasteiger partial charge in [0, 0.05) is 0 Å². The lowest BCUT2D eigenvalue weighted by atomic mass is 9.86. The molecule has 17 heavy (non-hydrogen) atoms. The maximum atomic E-state index is 11.7. The molecule has 2 amide bonds. The second kappa shape index (κ2) is 3.87. The maximum Gasteiger partial charge on any atom is 0.253 e. The van der Waals surface area contributed by atoms with Crippen molar-refractivity contribution in [2.45, 2.75) is 26.2 Å². The first-order valence-electron chi connectivity index (χ1n) is 5.60. The Hall–Kier alpha value is -1.84. The number of benzene rings is 1. The van der Waals surface area contributed by atoms with Crippen molar-refractivity contribution < 1.29 is 9.59 Å². The summed E-state index contributed by atoms with van der Waals surface area (Å²) < 4.78 is 0. The molecule has 1 aromatic carbocycles. The van der Waals surface area contributed by atoms with Crippen molar-refractivity contribution in [2.24, 2.45) is 0 Å². The first kappa shape index (κ1) is 11.6. The number of anilines is 1. The number of hydrogen-bond donors (Lipinski definition) is 2. The van der Waals surface area contributed by atoms with Gasteiger partial charge in [0.1, 0.15) is 0 Å². The molecule has 1 aromatic rings. The summed E-state index contributed by atoms with van der Waals surface area (Å²) in [6, 6.07) is 5.56. The van der Waals surface area contributed by atoms with Crippen LogP contribution in [0.5, 0.6) is 0 Å². The molecule has 1 aliphatic rings. The molecule has 0 atom stereocenters. The van der Waals surface area contributed by atoms with E-state index < -0.39 is 0 Å². The van der Waals surface area contributed by atoms with Gasteiger partial charge in [-0.15, -0.1) is 0 Å². The summed E-state index contributed by atoms with van der Waals surface area (Å²) >= 11 is 0. The third-order valence-corrected chi connectivity index (χ3v) is 2.81. The fourth-order valence-corrected chi connectivity index (χ4v) is 1.76. The van der Waals surface area contributed by atoms with Gasteiger partial charge in [0.15, 0.2) is 0 Å². The van der Waals surface area contributed by atoms with Crippen molar-refractivity contribution in [2.75, 3.05) is 11.9 Å². The normalized spacial score (nSPS) is 15.7. The van der Waals surface area contributed by atoms with Gasteiger partial charge >= 0.3 is 0 Å². The SMILES string of the molecule is CC(C)(C)c1ccc2c(c1)NC(=O)CNC2=O. The zero-order chi connectivity index (χ0) is 12.6. The number of fused-ring (bicyclic) bond motifs is 1. The summed E-state index contributed by atoms with van der Waals surface area (Å²) in [6.07, 6.45) is 0. The quantitative estimate of drug-likeness (QED) is 0.714. The molecule has 0 radical (unpaired) electrons. The van der Waals surface area contributed by atoms with Crippen molar-refractivity contribution in [3.63, 3.8) is 0 Å². The Balaban J connectivity index is 2.50. The summed E-state index contributed by atoms with van der Waals surface area (Å²) in [4.78, 5) is 23.1. The van der Waals surface area contributed by atoms with Gasteiger partial charge in [0.25, 0.3) is 5.91 Å². The Morgan fingerprint density at radius 2 is 1.88 bits per heavy atom. The highest BCUT2D eigenvalue weighted by Crippen LogP contribution is 2.27. The summed E-state index contributed by atoms with van der Waals surface area (Å²) in [6.45, 7) is 6.30. The average molecular weight is 232 g/mol. The maximum absolute atomic E-state index is 11.7. The van der Waals surface area contributed by atoms with Crippen molar-refractivity contribution >= 4 is 17.5 Å². The average Bonchev–Trinajstić information content (AvgIpc) is 2.37. The van der Waals surface area contributed by atoms with E-state index in [1.165, 1.54) is 0 Å². The number of rotatable bonds is 0. The smallest absolute Gasteiger partial charge is 0.253 e. The number of carbonyl (C=O) groups is 2. The van der Waals surface area contributed by atoms with Crippen LogP contribution in [0.25, 0.3) is 0 Å². The van der Waals surface area contributed by atoms with E-state index in [0.29, 0.717) is 11.3 Å². The van der Waals surface area contributed by atoms with E-state index >= 15 is 0 Å². The van der Waals surface area contributed by atoms with Crippen molar-refractivity contribution in [1.29, 1.82) is 0 Å². The highest BCUT2D eigenvalue weighted by Gasteiger charge is 2.21. The zero-order valence-corrected chi connectivity index (χ0v) is 10.3. The third kappa shape index (κ3) is 2.30. The van der Waals surface area contributed by atoms with Gasteiger partial charge in [0.05, 0.1) is 17.8 Å². The Bertz CT molecular complexity index is 487. The van der Waals surface area contributed by atoms with Crippen LogP contribution in [0.2, 0.25) is 0 Å². The van der Waals surface area contributed by atoms with E-state index in [1.54, 1.807) is 6.07 Å². The summed E-state index contributed by atoms with van der Waals surface area (Å²) in [5.74, 6) is -0.401. The first-order valence-corrected chi connectivity index (χ1v) is 5.60. The van der Waals surface area contributed by atoms with E-state index in [-0.39, 0.29) is 23.8 Å². The molecule has 2 rings (SSSR count). The lowest BCUT2D eigenvalue weighted by molar-refractivity contribution is -0.115. The lowest BCUT2D eigenvalue weighted by Crippen LogP contribution is -2.28. The number of hydrogen-bond acceptors (Lipinski definition) is 2. The molecule has 0 aromatic heterocycles. The molecule has 1 aliphatic heterocycles. The van der Waals surface area contributed by atoms with Crippen LogP contribution in [0.1, 0.15) is 36.7 Å². The minimum absolute atomic E-state index is 0.0114. The molecular formula is C13H16N2O2. The van der Waals surface area contributed by atoms with E-state index in [9.17, 15) is 9.59 Å². The summed E-state index contributed by atoms with van der Waals surface area (Å²) in [5.41, 5.74) is 2.19. The monoisotopic (exact) mass is 232 g/mol. The van der Waals surface area contributed by atoms with Crippen LogP contribution in [0.3, 0.4) is 0 Å². The number of nitrogens with one attached hydrogen (secondary N) is 2. The highest BCUT2D eigenvalue weighted by molar-refractivity contribution is 6.08. The fraction of sp³-hybridized carbons (Fsp3) is 0.385. The number of amides is 2. The molecule has 0 saturated carbocycles. The van der Waals surface area contributed by atoms with Crippen LogP contribution in [0.4, 0.5) is 5.69 Å².